The van der Waals surface area contributed by atoms with Crippen molar-refractivity contribution >= 4 is 34.6 Å². The summed E-state index contributed by atoms with van der Waals surface area (Å²) in [5.74, 6) is -1.20. The van der Waals surface area contributed by atoms with Gasteiger partial charge in [-0.15, -0.1) is 0 Å². The van der Waals surface area contributed by atoms with Gasteiger partial charge in [-0.25, -0.2) is 0 Å². The van der Waals surface area contributed by atoms with E-state index in [0.29, 0.717) is 37.3 Å². The number of rotatable bonds is 4. The van der Waals surface area contributed by atoms with Gasteiger partial charge < -0.3 is 15.2 Å². The number of hydrogen-bond acceptors (Lipinski definition) is 5. The van der Waals surface area contributed by atoms with E-state index < -0.39 is 11.4 Å². The zero-order valence-electron chi connectivity index (χ0n) is 11.7. The summed E-state index contributed by atoms with van der Waals surface area (Å²) >= 11 is 1.09. The molecule has 2 N–H and O–H groups in total. The lowest BCUT2D eigenvalue weighted by Crippen LogP contribution is -2.46. The van der Waals surface area contributed by atoms with Crippen molar-refractivity contribution in [2.24, 2.45) is 14.1 Å². The molecule has 0 spiro atoms. The van der Waals surface area contributed by atoms with E-state index in [4.69, 9.17) is 4.74 Å². The van der Waals surface area contributed by atoms with Gasteiger partial charge >= 0.3 is 5.97 Å². The maximum absolute atomic E-state index is 12.2. The van der Waals surface area contributed by atoms with Crippen LogP contribution in [0.2, 0.25) is 0 Å². The molecule has 2 aliphatic rings. The van der Waals surface area contributed by atoms with Crippen LogP contribution < -0.4 is 5.32 Å². The Morgan fingerprint density at radius 2 is 2.00 bits per heavy atom. The molecule has 1 amide bonds. The lowest BCUT2D eigenvalue weighted by atomic mass is 9.80. The van der Waals surface area contributed by atoms with Gasteiger partial charge in [-0.2, -0.15) is 8.73 Å². The van der Waals surface area contributed by atoms with E-state index in [-0.39, 0.29) is 12.5 Å². The number of carbonyl (C=O) groups is 2. The van der Waals surface area contributed by atoms with Crippen LogP contribution in [0, 0.1) is 5.41 Å². The van der Waals surface area contributed by atoms with Crippen LogP contribution in [0.5, 0.6) is 0 Å². The minimum absolute atomic E-state index is 0.0951. The van der Waals surface area contributed by atoms with Crippen LogP contribution in [0.15, 0.2) is 26.9 Å². The predicted octanol–water partition coefficient (Wildman–Crippen LogP) is 2.02. The number of nitrogens with zero attached hydrogens (tertiary/aromatic N) is 2. The topological polar surface area (TPSA) is 100 Å². The van der Waals surface area contributed by atoms with Crippen LogP contribution in [0.3, 0.4) is 0 Å². The van der Waals surface area contributed by atoms with Crippen LogP contribution in [0.4, 0.5) is 11.4 Å². The molecule has 0 aromatic heterocycles. The first-order valence-corrected chi connectivity index (χ1v) is 7.65. The molecule has 0 radical (unpaired) electrons. The second kappa shape index (κ2) is 5.98. The van der Waals surface area contributed by atoms with Gasteiger partial charge in [-0.1, -0.05) is 0 Å². The van der Waals surface area contributed by atoms with Crippen molar-refractivity contribution in [2.75, 3.05) is 19.8 Å². The van der Waals surface area contributed by atoms with E-state index in [0.717, 1.165) is 17.0 Å². The number of carboxylic acid groups (broad SMARTS) is 1. The molecule has 0 aliphatic carbocycles. The standard InChI is InChI=1S/C14H15N3O4S/c18-12(9-1-2-10-11(7-9)17-22-16-10)15-8-14(13(19)20)3-5-21-6-4-14/h1-2,7H,3-6,8H2,(H,15,18)(H,19,20). The Morgan fingerprint density at radius 1 is 1.27 bits per heavy atom. The van der Waals surface area contributed by atoms with E-state index in [9.17, 15) is 14.7 Å². The highest BCUT2D eigenvalue weighted by Gasteiger charge is 2.40. The highest BCUT2D eigenvalue weighted by atomic mass is 32.1. The van der Waals surface area contributed by atoms with Gasteiger partial charge in [-0.05, 0) is 31.0 Å². The Labute approximate surface area is 130 Å². The monoisotopic (exact) mass is 321 g/mol. The van der Waals surface area contributed by atoms with Crippen LogP contribution in [0.25, 0.3) is 0 Å². The molecule has 0 bridgehead atoms. The first-order chi connectivity index (χ1) is 10.6. The number of amides is 1. The minimum atomic E-state index is -0.944. The van der Waals surface area contributed by atoms with Gasteiger partial charge in [-0.3, -0.25) is 9.59 Å². The molecule has 8 heteroatoms. The summed E-state index contributed by atoms with van der Waals surface area (Å²) in [6, 6.07) is 5.05. The number of hydrogen-bond donors (Lipinski definition) is 2. The van der Waals surface area contributed by atoms with Crippen molar-refractivity contribution < 1.29 is 19.4 Å². The lowest BCUT2D eigenvalue weighted by Gasteiger charge is -2.33. The number of carboxylic acids is 1. The van der Waals surface area contributed by atoms with E-state index in [1.807, 2.05) is 0 Å². The fraction of sp³-hybridized carbons (Fsp3) is 0.429. The van der Waals surface area contributed by atoms with Crippen molar-refractivity contribution in [2.45, 2.75) is 12.8 Å². The summed E-state index contributed by atoms with van der Waals surface area (Å²) in [4.78, 5) is 23.8. The second-order valence-corrected chi connectivity index (χ2v) is 5.88. The minimum Gasteiger partial charge on any atom is -0.481 e. The Balaban J connectivity index is 1.69. The van der Waals surface area contributed by atoms with Crippen LogP contribution >= 0.6 is 0 Å². The van der Waals surface area contributed by atoms with Crippen LogP contribution in [-0.4, -0.2) is 36.7 Å². The maximum atomic E-state index is 12.2. The Kier molecular flexibility index (Phi) is 4.04. The first-order valence-electron chi connectivity index (χ1n) is 6.92. The molecule has 1 fully saturated rings. The molecule has 116 valence electrons. The number of benzene rings is 1. The normalized spacial score (nSPS) is 18.4. The first kappa shape index (κ1) is 14.9. The summed E-state index contributed by atoms with van der Waals surface area (Å²) in [5.41, 5.74) is 0.915. The fourth-order valence-corrected chi connectivity index (χ4v) is 3.02. The average molecular weight is 321 g/mol. The number of aliphatic carboxylic acids is 1. The number of ether oxygens (including phenoxy) is 1. The highest BCUT2D eigenvalue weighted by Crippen LogP contribution is 2.33. The molecule has 2 heterocycles. The van der Waals surface area contributed by atoms with E-state index in [2.05, 4.69) is 14.0 Å². The molecule has 0 atom stereocenters. The molecule has 22 heavy (non-hydrogen) atoms. The molecule has 1 aromatic carbocycles. The van der Waals surface area contributed by atoms with Crippen molar-refractivity contribution in [1.82, 2.24) is 5.32 Å². The SMILES string of the molecule is O=C(NCC1(C(=O)O)CCOCC1)c1ccc2c(c1)N=S=N2. The molecule has 1 aromatic rings. The third-order valence-electron chi connectivity index (χ3n) is 4.01. The third kappa shape index (κ3) is 2.79. The molecule has 2 aliphatic heterocycles. The van der Waals surface area contributed by atoms with Gasteiger partial charge in [0.25, 0.3) is 5.91 Å². The van der Waals surface area contributed by atoms with Gasteiger partial charge in [0.2, 0.25) is 0 Å². The fourth-order valence-electron chi connectivity index (χ4n) is 2.50. The van der Waals surface area contributed by atoms with Gasteiger partial charge in [0.1, 0.15) is 11.4 Å². The zero-order valence-corrected chi connectivity index (χ0v) is 12.6. The molecule has 3 rings (SSSR count). The third-order valence-corrected chi connectivity index (χ3v) is 4.56. The largest absolute Gasteiger partial charge is 0.481 e. The van der Waals surface area contributed by atoms with Crippen molar-refractivity contribution in [1.29, 1.82) is 0 Å². The van der Waals surface area contributed by atoms with Gasteiger partial charge in [0, 0.05) is 25.3 Å². The van der Waals surface area contributed by atoms with E-state index in [1.54, 1.807) is 18.2 Å². The van der Waals surface area contributed by atoms with Crippen LogP contribution in [-0.2, 0) is 20.9 Å². The van der Waals surface area contributed by atoms with E-state index >= 15 is 0 Å². The van der Waals surface area contributed by atoms with Gasteiger partial charge in [0.15, 0.2) is 0 Å². The molecule has 7 nitrogen and oxygen atoms in total. The average Bonchev–Trinajstić information content (AvgIpc) is 3.01. The summed E-state index contributed by atoms with van der Waals surface area (Å²) in [6.45, 7) is 0.898. The lowest BCUT2D eigenvalue weighted by molar-refractivity contribution is -0.154. The van der Waals surface area contributed by atoms with Crippen molar-refractivity contribution in [3.8, 4) is 0 Å². The summed E-state index contributed by atoms with van der Waals surface area (Å²) in [7, 11) is 0. The smallest absolute Gasteiger partial charge is 0.311 e. The number of nitrogens with one attached hydrogen (secondary N) is 1. The molecule has 0 unspecified atom stereocenters. The summed E-state index contributed by atoms with van der Waals surface area (Å²) in [6.07, 6.45) is 0.801. The summed E-state index contributed by atoms with van der Waals surface area (Å²) < 4.78 is 13.4. The van der Waals surface area contributed by atoms with Crippen molar-refractivity contribution in [3.05, 3.63) is 23.8 Å². The van der Waals surface area contributed by atoms with Gasteiger partial charge in [0.05, 0.1) is 16.8 Å². The van der Waals surface area contributed by atoms with E-state index in [1.165, 1.54) is 0 Å². The molecule has 0 saturated carbocycles. The molecule has 1 saturated heterocycles. The Morgan fingerprint density at radius 3 is 2.73 bits per heavy atom. The zero-order chi connectivity index (χ0) is 15.6. The Hall–Kier alpha value is -2.06. The van der Waals surface area contributed by atoms with Crippen LogP contribution in [0.1, 0.15) is 23.2 Å². The van der Waals surface area contributed by atoms with Crippen molar-refractivity contribution in [3.63, 3.8) is 0 Å². The molecular weight excluding hydrogens is 306 g/mol. The molecular formula is C14H15N3O4S. The summed E-state index contributed by atoms with van der Waals surface area (Å²) in [5, 5.41) is 12.2. The predicted molar refractivity (Wildman–Crippen MR) is 80.4 cm³/mol. The Bertz CT molecular complexity index is 691. The highest BCUT2D eigenvalue weighted by molar-refractivity contribution is 7.58. The quantitative estimate of drug-likeness (QED) is 0.899. The second-order valence-electron chi connectivity index (χ2n) is 5.35. The number of fused-ring (bicyclic) bond motifs is 1. The maximum Gasteiger partial charge on any atom is 0.311 e. The number of carbonyl (C=O) groups excluding carboxylic acids is 1.